The van der Waals surface area contributed by atoms with Crippen LogP contribution >= 0.6 is 0 Å². The molecule has 124 valence electrons. The Kier molecular flexibility index (Phi) is 4.51. The number of imidazole rings is 1. The van der Waals surface area contributed by atoms with Gasteiger partial charge in [-0.15, -0.1) is 0 Å². The second kappa shape index (κ2) is 6.74. The van der Waals surface area contributed by atoms with Crippen LogP contribution in [0.5, 0.6) is 5.75 Å². The second-order valence-corrected chi connectivity index (χ2v) is 5.54. The van der Waals surface area contributed by atoms with Crippen molar-refractivity contribution in [1.82, 2.24) is 9.38 Å². The van der Waals surface area contributed by atoms with E-state index in [2.05, 4.69) is 17.2 Å². The van der Waals surface area contributed by atoms with Crippen LogP contribution in [-0.2, 0) is 12.8 Å². The number of amides is 1. The molecule has 3 rings (SSSR count). The van der Waals surface area contributed by atoms with Crippen molar-refractivity contribution in [3.05, 3.63) is 59.5 Å². The predicted molar refractivity (Wildman–Crippen MR) is 94.9 cm³/mol. The topological polar surface area (TPSA) is 55.6 Å². The molecule has 0 saturated carbocycles. The summed E-state index contributed by atoms with van der Waals surface area (Å²) in [6.07, 6.45) is 3.47. The van der Waals surface area contributed by atoms with Crippen LogP contribution in [0.25, 0.3) is 5.65 Å². The number of ether oxygens (including phenoxy) is 1. The highest BCUT2D eigenvalue weighted by molar-refractivity contribution is 6.04. The molecule has 1 amide bonds. The fourth-order valence-electron chi connectivity index (χ4n) is 2.75. The lowest BCUT2D eigenvalue weighted by Crippen LogP contribution is -2.16. The largest absolute Gasteiger partial charge is 0.493 e. The number of carbonyl (C=O) groups is 1. The number of hydrogen-bond acceptors (Lipinski definition) is 3. The van der Waals surface area contributed by atoms with Crippen LogP contribution < -0.4 is 10.1 Å². The fourth-order valence-corrected chi connectivity index (χ4v) is 2.75. The molecule has 0 bridgehead atoms. The zero-order valence-corrected chi connectivity index (χ0v) is 14.2. The van der Waals surface area contributed by atoms with Gasteiger partial charge in [-0.3, -0.25) is 9.20 Å². The Balaban J connectivity index is 1.99. The van der Waals surface area contributed by atoms with E-state index in [0.717, 1.165) is 17.8 Å². The van der Waals surface area contributed by atoms with Crippen LogP contribution in [0.1, 0.15) is 35.6 Å². The quantitative estimate of drug-likeness (QED) is 0.778. The van der Waals surface area contributed by atoms with Gasteiger partial charge in [-0.1, -0.05) is 26.0 Å². The molecule has 0 aliphatic rings. The number of benzene rings is 1. The third-order valence-corrected chi connectivity index (χ3v) is 4.08. The van der Waals surface area contributed by atoms with Crippen molar-refractivity contribution >= 4 is 17.2 Å². The van der Waals surface area contributed by atoms with E-state index in [-0.39, 0.29) is 5.91 Å². The molecule has 0 aliphatic carbocycles. The number of anilines is 1. The van der Waals surface area contributed by atoms with Crippen LogP contribution in [0.15, 0.2) is 42.6 Å². The zero-order chi connectivity index (χ0) is 17.1. The van der Waals surface area contributed by atoms with Gasteiger partial charge in [-0.2, -0.15) is 0 Å². The molecular formula is C19H21N3O2. The summed E-state index contributed by atoms with van der Waals surface area (Å²) in [4.78, 5) is 17.4. The Morgan fingerprint density at radius 1 is 1.17 bits per heavy atom. The molecule has 0 aliphatic heterocycles. The number of rotatable bonds is 5. The molecule has 3 aromatic rings. The van der Waals surface area contributed by atoms with Gasteiger partial charge in [-0.25, -0.2) is 4.98 Å². The molecule has 0 spiro atoms. The highest BCUT2D eigenvalue weighted by Crippen LogP contribution is 2.23. The maximum atomic E-state index is 12.8. The summed E-state index contributed by atoms with van der Waals surface area (Å²) in [5, 5.41) is 2.96. The lowest BCUT2D eigenvalue weighted by molar-refractivity contribution is 0.102. The molecule has 1 N–H and O–H groups in total. The normalized spacial score (nSPS) is 10.8. The summed E-state index contributed by atoms with van der Waals surface area (Å²) in [5.41, 5.74) is 3.97. The summed E-state index contributed by atoms with van der Waals surface area (Å²) in [6.45, 7) is 4.09. The van der Waals surface area contributed by atoms with Crippen LogP contribution in [0.2, 0.25) is 0 Å². The summed E-state index contributed by atoms with van der Waals surface area (Å²) >= 11 is 0. The molecule has 0 atom stereocenters. The summed E-state index contributed by atoms with van der Waals surface area (Å²) < 4.78 is 7.13. The van der Waals surface area contributed by atoms with Gasteiger partial charge in [-0.05, 0) is 42.7 Å². The highest BCUT2D eigenvalue weighted by Gasteiger charge is 2.20. The van der Waals surface area contributed by atoms with Crippen LogP contribution in [0.4, 0.5) is 5.69 Å². The molecule has 24 heavy (non-hydrogen) atoms. The SMILES string of the molecule is CCc1ccc(NC(=O)c2c(CC)nc3c(OC)cccn23)cc1. The maximum Gasteiger partial charge on any atom is 0.274 e. The fraction of sp³-hybridized carbons (Fsp3) is 0.263. The van der Waals surface area contributed by atoms with Gasteiger partial charge in [0.1, 0.15) is 5.69 Å². The average molecular weight is 323 g/mol. The van der Waals surface area contributed by atoms with Gasteiger partial charge in [0.05, 0.1) is 12.8 Å². The number of hydrogen-bond donors (Lipinski definition) is 1. The molecule has 0 unspecified atom stereocenters. The number of methoxy groups -OCH3 is 1. The van der Waals surface area contributed by atoms with Crippen molar-refractivity contribution in [3.63, 3.8) is 0 Å². The van der Waals surface area contributed by atoms with Crippen molar-refractivity contribution in [2.75, 3.05) is 12.4 Å². The van der Waals surface area contributed by atoms with E-state index in [4.69, 9.17) is 4.74 Å². The van der Waals surface area contributed by atoms with Crippen molar-refractivity contribution in [2.24, 2.45) is 0 Å². The third-order valence-electron chi connectivity index (χ3n) is 4.08. The van der Waals surface area contributed by atoms with E-state index in [1.807, 2.05) is 49.5 Å². The molecule has 2 aromatic heterocycles. The minimum Gasteiger partial charge on any atom is -0.493 e. The minimum absolute atomic E-state index is 0.170. The number of nitrogens with one attached hydrogen (secondary N) is 1. The Hall–Kier alpha value is -2.82. The molecule has 0 fully saturated rings. The van der Waals surface area contributed by atoms with Crippen molar-refractivity contribution in [1.29, 1.82) is 0 Å². The number of carbonyl (C=O) groups excluding carboxylic acids is 1. The Labute approximate surface area is 141 Å². The lowest BCUT2D eigenvalue weighted by atomic mass is 10.1. The van der Waals surface area contributed by atoms with Crippen molar-refractivity contribution < 1.29 is 9.53 Å². The van der Waals surface area contributed by atoms with E-state index < -0.39 is 0 Å². The zero-order valence-electron chi connectivity index (χ0n) is 14.2. The van der Waals surface area contributed by atoms with E-state index in [0.29, 0.717) is 23.5 Å². The van der Waals surface area contributed by atoms with Crippen molar-refractivity contribution in [3.8, 4) is 5.75 Å². The standard InChI is InChI=1S/C19H21N3O2/c1-4-13-8-10-14(11-9-13)20-19(23)17-15(5-2)21-18-16(24-3)7-6-12-22(17)18/h6-12H,4-5H2,1-3H3,(H,20,23). The molecular weight excluding hydrogens is 302 g/mol. The number of aryl methyl sites for hydroxylation is 2. The first kappa shape index (κ1) is 16.1. The molecule has 5 nitrogen and oxygen atoms in total. The van der Waals surface area contributed by atoms with Gasteiger partial charge in [0, 0.05) is 11.9 Å². The average Bonchev–Trinajstić information content (AvgIpc) is 3.01. The number of aromatic nitrogens is 2. The first-order valence-electron chi connectivity index (χ1n) is 8.12. The number of fused-ring (bicyclic) bond motifs is 1. The Bertz CT molecular complexity index is 866. The molecule has 0 saturated heterocycles. The summed E-state index contributed by atoms with van der Waals surface area (Å²) in [6, 6.07) is 11.6. The first-order chi connectivity index (χ1) is 11.7. The molecule has 0 radical (unpaired) electrons. The van der Waals surface area contributed by atoms with Crippen LogP contribution in [-0.4, -0.2) is 22.4 Å². The first-order valence-corrected chi connectivity index (χ1v) is 8.12. The monoisotopic (exact) mass is 323 g/mol. The molecule has 1 aromatic carbocycles. The van der Waals surface area contributed by atoms with E-state index >= 15 is 0 Å². The summed E-state index contributed by atoms with van der Waals surface area (Å²) in [5.74, 6) is 0.482. The van der Waals surface area contributed by atoms with Gasteiger partial charge >= 0.3 is 0 Å². The number of nitrogens with zero attached hydrogens (tertiary/aromatic N) is 2. The van der Waals surface area contributed by atoms with Crippen LogP contribution in [0, 0.1) is 0 Å². The van der Waals surface area contributed by atoms with Gasteiger partial charge in [0.2, 0.25) is 0 Å². The minimum atomic E-state index is -0.170. The van der Waals surface area contributed by atoms with Gasteiger partial charge in [0.15, 0.2) is 11.4 Å². The van der Waals surface area contributed by atoms with E-state index in [1.54, 1.807) is 11.5 Å². The van der Waals surface area contributed by atoms with Crippen molar-refractivity contribution in [2.45, 2.75) is 26.7 Å². The summed E-state index contributed by atoms with van der Waals surface area (Å²) in [7, 11) is 1.60. The number of pyridine rings is 1. The highest BCUT2D eigenvalue weighted by atomic mass is 16.5. The van der Waals surface area contributed by atoms with Crippen LogP contribution in [0.3, 0.4) is 0 Å². The molecule has 5 heteroatoms. The maximum absolute atomic E-state index is 12.8. The van der Waals surface area contributed by atoms with Gasteiger partial charge < -0.3 is 10.1 Å². The third kappa shape index (κ3) is 2.85. The smallest absolute Gasteiger partial charge is 0.274 e. The Morgan fingerprint density at radius 3 is 2.54 bits per heavy atom. The van der Waals surface area contributed by atoms with E-state index in [1.165, 1.54) is 5.56 Å². The van der Waals surface area contributed by atoms with E-state index in [9.17, 15) is 4.79 Å². The van der Waals surface area contributed by atoms with Gasteiger partial charge in [0.25, 0.3) is 5.91 Å². The second-order valence-electron chi connectivity index (χ2n) is 5.54. The lowest BCUT2D eigenvalue weighted by Gasteiger charge is -2.08. The predicted octanol–water partition coefficient (Wildman–Crippen LogP) is 3.72. The Morgan fingerprint density at radius 2 is 1.92 bits per heavy atom. The molecule has 2 heterocycles.